The average Bonchev–Trinajstić information content (AvgIpc) is 2.35. The van der Waals surface area contributed by atoms with Crippen LogP contribution in [0.1, 0.15) is 19.2 Å². The standard InChI is InChI=1S/C14H17IN4/c1-3-7-16-13-9-14(18-10(2)17-13)19-12-6-4-5-11(15)8-12/h4-6,8-9H,3,7H2,1-2H3,(H2,16,17,18,19). The molecule has 0 atom stereocenters. The summed E-state index contributed by atoms with van der Waals surface area (Å²) in [7, 11) is 0. The smallest absolute Gasteiger partial charge is 0.136 e. The molecule has 19 heavy (non-hydrogen) atoms. The molecule has 1 aromatic heterocycles. The number of hydrogen-bond acceptors (Lipinski definition) is 4. The van der Waals surface area contributed by atoms with Crippen LogP contribution < -0.4 is 10.6 Å². The van der Waals surface area contributed by atoms with E-state index >= 15 is 0 Å². The molecule has 1 aromatic carbocycles. The predicted molar refractivity (Wildman–Crippen MR) is 88.0 cm³/mol. The normalized spacial score (nSPS) is 10.3. The quantitative estimate of drug-likeness (QED) is 0.785. The number of aromatic nitrogens is 2. The van der Waals surface area contributed by atoms with Crippen molar-refractivity contribution < 1.29 is 0 Å². The van der Waals surface area contributed by atoms with Crippen LogP contribution >= 0.6 is 22.6 Å². The van der Waals surface area contributed by atoms with Gasteiger partial charge in [-0.1, -0.05) is 13.0 Å². The molecule has 0 spiro atoms. The first-order valence-corrected chi connectivity index (χ1v) is 7.37. The van der Waals surface area contributed by atoms with Gasteiger partial charge < -0.3 is 10.6 Å². The molecule has 0 radical (unpaired) electrons. The van der Waals surface area contributed by atoms with Crippen molar-refractivity contribution >= 4 is 39.9 Å². The van der Waals surface area contributed by atoms with E-state index in [4.69, 9.17) is 0 Å². The molecule has 0 aliphatic rings. The Labute approximate surface area is 127 Å². The predicted octanol–water partition coefficient (Wildman–Crippen LogP) is 3.96. The van der Waals surface area contributed by atoms with Crippen molar-refractivity contribution in [2.45, 2.75) is 20.3 Å². The van der Waals surface area contributed by atoms with Crippen molar-refractivity contribution in [2.24, 2.45) is 0 Å². The fourth-order valence-electron chi connectivity index (χ4n) is 1.69. The number of nitrogens with zero attached hydrogens (tertiary/aromatic N) is 2. The van der Waals surface area contributed by atoms with Gasteiger partial charge in [-0.15, -0.1) is 0 Å². The first-order chi connectivity index (χ1) is 9.17. The number of aryl methyl sites for hydroxylation is 1. The molecule has 0 saturated heterocycles. The van der Waals surface area contributed by atoms with Gasteiger partial charge in [-0.2, -0.15) is 0 Å². The Hall–Kier alpha value is -1.37. The van der Waals surface area contributed by atoms with Crippen molar-refractivity contribution in [1.82, 2.24) is 9.97 Å². The lowest BCUT2D eigenvalue weighted by Crippen LogP contribution is -2.05. The molecule has 2 N–H and O–H groups in total. The Morgan fingerprint density at radius 3 is 2.68 bits per heavy atom. The van der Waals surface area contributed by atoms with E-state index in [0.717, 1.165) is 36.1 Å². The van der Waals surface area contributed by atoms with E-state index < -0.39 is 0 Å². The van der Waals surface area contributed by atoms with Crippen molar-refractivity contribution in [3.63, 3.8) is 0 Å². The zero-order valence-electron chi connectivity index (χ0n) is 11.1. The van der Waals surface area contributed by atoms with Crippen molar-refractivity contribution in [3.05, 3.63) is 39.7 Å². The summed E-state index contributed by atoms with van der Waals surface area (Å²) < 4.78 is 1.19. The highest BCUT2D eigenvalue weighted by Gasteiger charge is 2.02. The molecule has 0 bridgehead atoms. The van der Waals surface area contributed by atoms with Gasteiger partial charge in [0.1, 0.15) is 17.5 Å². The molecule has 0 fully saturated rings. The molecule has 2 rings (SSSR count). The molecule has 0 unspecified atom stereocenters. The summed E-state index contributed by atoms with van der Waals surface area (Å²) in [6, 6.07) is 10.1. The third-order valence-electron chi connectivity index (χ3n) is 2.49. The number of halogens is 1. The molecule has 100 valence electrons. The summed E-state index contributed by atoms with van der Waals surface area (Å²) in [5.74, 6) is 2.44. The Bertz CT molecular complexity index is 557. The van der Waals surface area contributed by atoms with E-state index in [1.54, 1.807) is 0 Å². The minimum absolute atomic E-state index is 0.759. The molecule has 0 amide bonds. The Morgan fingerprint density at radius 2 is 1.95 bits per heavy atom. The summed E-state index contributed by atoms with van der Waals surface area (Å²) in [4.78, 5) is 8.77. The van der Waals surface area contributed by atoms with Crippen LogP contribution in [0.3, 0.4) is 0 Å². The zero-order chi connectivity index (χ0) is 13.7. The molecule has 2 aromatic rings. The number of anilines is 3. The van der Waals surface area contributed by atoms with Gasteiger partial charge in [-0.25, -0.2) is 9.97 Å². The fourth-order valence-corrected chi connectivity index (χ4v) is 2.23. The van der Waals surface area contributed by atoms with Gasteiger partial charge in [0.25, 0.3) is 0 Å². The van der Waals surface area contributed by atoms with E-state index in [2.05, 4.69) is 62.2 Å². The summed E-state index contributed by atoms with van der Waals surface area (Å²) in [5, 5.41) is 6.59. The van der Waals surface area contributed by atoms with Gasteiger partial charge in [-0.05, 0) is 54.1 Å². The molecular formula is C14H17IN4. The van der Waals surface area contributed by atoms with E-state index in [1.807, 2.05) is 25.1 Å². The van der Waals surface area contributed by atoms with Gasteiger partial charge in [0.15, 0.2) is 0 Å². The van der Waals surface area contributed by atoms with E-state index in [9.17, 15) is 0 Å². The lowest BCUT2D eigenvalue weighted by molar-refractivity contribution is 0.955. The third kappa shape index (κ3) is 4.34. The topological polar surface area (TPSA) is 49.8 Å². The third-order valence-corrected chi connectivity index (χ3v) is 3.16. The molecular weight excluding hydrogens is 351 g/mol. The van der Waals surface area contributed by atoms with Crippen LogP contribution in [0.25, 0.3) is 0 Å². The Morgan fingerprint density at radius 1 is 1.16 bits per heavy atom. The van der Waals surface area contributed by atoms with Crippen molar-refractivity contribution in [2.75, 3.05) is 17.2 Å². The van der Waals surface area contributed by atoms with E-state index in [0.29, 0.717) is 0 Å². The molecule has 0 aliphatic carbocycles. The van der Waals surface area contributed by atoms with Gasteiger partial charge in [-0.3, -0.25) is 0 Å². The summed E-state index contributed by atoms with van der Waals surface area (Å²) in [6.07, 6.45) is 1.07. The second kappa shape index (κ2) is 6.70. The molecule has 4 nitrogen and oxygen atoms in total. The first kappa shape index (κ1) is 14.0. The zero-order valence-corrected chi connectivity index (χ0v) is 13.2. The van der Waals surface area contributed by atoms with Gasteiger partial charge in [0, 0.05) is 21.9 Å². The highest BCUT2D eigenvalue weighted by Crippen LogP contribution is 2.19. The minimum atomic E-state index is 0.759. The van der Waals surface area contributed by atoms with Crippen LogP contribution in [0.5, 0.6) is 0 Å². The lowest BCUT2D eigenvalue weighted by atomic mass is 10.3. The maximum Gasteiger partial charge on any atom is 0.136 e. The SMILES string of the molecule is CCCNc1cc(Nc2cccc(I)c2)nc(C)n1. The summed E-state index contributed by atoms with van der Waals surface area (Å²) in [6.45, 7) is 4.95. The van der Waals surface area contributed by atoms with Crippen molar-refractivity contribution in [3.8, 4) is 0 Å². The Balaban J connectivity index is 2.17. The Kier molecular flexibility index (Phi) is 4.95. The van der Waals surface area contributed by atoms with E-state index in [1.165, 1.54) is 3.57 Å². The molecule has 0 aliphatic heterocycles. The maximum absolute atomic E-state index is 4.40. The monoisotopic (exact) mass is 368 g/mol. The molecule has 0 saturated carbocycles. The van der Waals surface area contributed by atoms with E-state index in [-0.39, 0.29) is 0 Å². The largest absolute Gasteiger partial charge is 0.370 e. The fraction of sp³-hybridized carbons (Fsp3) is 0.286. The highest BCUT2D eigenvalue weighted by atomic mass is 127. The number of benzene rings is 1. The maximum atomic E-state index is 4.40. The van der Waals surface area contributed by atoms with Crippen molar-refractivity contribution in [1.29, 1.82) is 0 Å². The lowest BCUT2D eigenvalue weighted by Gasteiger charge is -2.10. The van der Waals surface area contributed by atoms with Crippen LogP contribution in [-0.4, -0.2) is 16.5 Å². The van der Waals surface area contributed by atoms with Crippen LogP contribution in [0, 0.1) is 10.5 Å². The summed E-state index contributed by atoms with van der Waals surface area (Å²) >= 11 is 2.29. The van der Waals surface area contributed by atoms with Crippen LogP contribution in [-0.2, 0) is 0 Å². The second-order valence-corrected chi connectivity index (χ2v) is 5.49. The van der Waals surface area contributed by atoms with Gasteiger partial charge in [0.05, 0.1) is 0 Å². The molecule has 5 heteroatoms. The van der Waals surface area contributed by atoms with Crippen LogP contribution in [0.2, 0.25) is 0 Å². The van der Waals surface area contributed by atoms with Gasteiger partial charge >= 0.3 is 0 Å². The second-order valence-electron chi connectivity index (χ2n) is 4.25. The average molecular weight is 368 g/mol. The number of hydrogen-bond donors (Lipinski definition) is 2. The molecule has 1 heterocycles. The minimum Gasteiger partial charge on any atom is -0.370 e. The number of nitrogens with one attached hydrogen (secondary N) is 2. The highest BCUT2D eigenvalue weighted by molar-refractivity contribution is 14.1. The first-order valence-electron chi connectivity index (χ1n) is 6.29. The van der Waals surface area contributed by atoms with Crippen LogP contribution in [0.15, 0.2) is 30.3 Å². The number of rotatable bonds is 5. The van der Waals surface area contributed by atoms with Crippen LogP contribution in [0.4, 0.5) is 17.3 Å². The summed E-state index contributed by atoms with van der Waals surface area (Å²) in [5.41, 5.74) is 1.03. The van der Waals surface area contributed by atoms with Gasteiger partial charge in [0.2, 0.25) is 0 Å².